The average Bonchev–Trinajstić information content (AvgIpc) is 2.82. The molecule has 0 radical (unpaired) electrons. The van der Waals surface area contributed by atoms with Gasteiger partial charge in [-0.05, 0) is 51.3 Å². The van der Waals surface area contributed by atoms with E-state index in [2.05, 4.69) is 42.6 Å². The minimum Gasteiger partial charge on any atom is -0.350 e. The van der Waals surface area contributed by atoms with Crippen molar-refractivity contribution in [3.63, 3.8) is 0 Å². The zero-order valence-corrected chi connectivity index (χ0v) is 22.9. The molecule has 0 aliphatic rings. The molecule has 0 aliphatic heterocycles. The summed E-state index contributed by atoms with van der Waals surface area (Å²) < 4.78 is 0. The number of nitrogens with one attached hydrogen (secondary N) is 1. The van der Waals surface area contributed by atoms with Crippen molar-refractivity contribution in [1.29, 1.82) is 0 Å². The largest absolute Gasteiger partial charge is 0.350 e. The molecule has 0 heterocycles. The monoisotopic (exact) mass is 502 g/mol. The second-order valence-corrected chi connectivity index (χ2v) is 11.4. The van der Waals surface area contributed by atoms with E-state index in [-0.39, 0.29) is 11.8 Å². The second kappa shape index (κ2) is 12.8. The number of benzene rings is 3. The molecule has 0 saturated heterocycles. The molecule has 4 nitrogen and oxygen atoms in total. The van der Waals surface area contributed by atoms with Gasteiger partial charge in [-0.1, -0.05) is 90.0 Å². The number of aryl methyl sites for hydroxylation is 2. The molecule has 3 aromatic carbocycles. The Kier molecular flexibility index (Phi) is 9.77. The van der Waals surface area contributed by atoms with Crippen molar-refractivity contribution in [2.75, 3.05) is 5.75 Å². The Morgan fingerprint density at radius 2 is 1.50 bits per heavy atom. The molecule has 36 heavy (non-hydrogen) atoms. The van der Waals surface area contributed by atoms with Crippen LogP contribution >= 0.6 is 11.8 Å². The van der Waals surface area contributed by atoms with Crippen molar-refractivity contribution >= 4 is 23.6 Å². The SMILES string of the molecule is Cc1ccc(CSCC(=O)N(Cc2cccc(C)c2)C(Cc2ccccc2)C(=O)NC(C)(C)C)cc1. The fourth-order valence-electron chi connectivity index (χ4n) is 4.04. The number of carbonyl (C=O) groups is 2. The third kappa shape index (κ3) is 8.87. The number of carbonyl (C=O) groups excluding carboxylic acids is 2. The van der Waals surface area contributed by atoms with Gasteiger partial charge in [-0.2, -0.15) is 0 Å². The van der Waals surface area contributed by atoms with Gasteiger partial charge in [0.25, 0.3) is 0 Å². The van der Waals surface area contributed by atoms with Crippen LogP contribution in [0.5, 0.6) is 0 Å². The van der Waals surface area contributed by atoms with Crippen LogP contribution in [0.3, 0.4) is 0 Å². The molecule has 1 unspecified atom stereocenters. The Labute approximate surface area is 220 Å². The molecule has 3 aromatic rings. The lowest BCUT2D eigenvalue weighted by molar-refractivity contribution is -0.140. The van der Waals surface area contributed by atoms with Crippen molar-refractivity contribution < 1.29 is 9.59 Å². The molecule has 0 saturated carbocycles. The van der Waals surface area contributed by atoms with E-state index in [4.69, 9.17) is 0 Å². The van der Waals surface area contributed by atoms with Crippen molar-refractivity contribution in [1.82, 2.24) is 10.2 Å². The van der Waals surface area contributed by atoms with Gasteiger partial charge in [0, 0.05) is 24.3 Å². The molecule has 0 spiro atoms. The highest BCUT2D eigenvalue weighted by molar-refractivity contribution is 7.99. The van der Waals surface area contributed by atoms with Gasteiger partial charge in [0.1, 0.15) is 6.04 Å². The first-order chi connectivity index (χ1) is 17.1. The summed E-state index contributed by atoms with van der Waals surface area (Å²) >= 11 is 1.59. The minimum absolute atomic E-state index is 0.0291. The van der Waals surface area contributed by atoms with Crippen LogP contribution in [0.1, 0.15) is 48.6 Å². The highest BCUT2D eigenvalue weighted by Gasteiger charge is 2.32. The molecule has 190 valence electrons. The highest BCUT2D eigenvalue weighted by atomic mass is 32.2. The number of nitrogens with zero attached hydrogens (tertiary/aromatic N) is 1. The first-order valence-electron chi connectivity index (χ1n) is 12.4. The third-order valence-corrected chi connectivity index (χ3v) is 6.81. The van der Waals surface area contributed by atoms with Crippen LogP contribution in [0, 0.1) is 13.8 Å². The molecule has 0 aromatic heterocycles. The Hall–Kier alpha value is -3.05. The summed E-state index contributed by atoms with van der Waals surface area (Å²) in [6, 6.07) is 25.9. The van der Waals surface area contributed by atoms with E-state index in [9.17, 15) is 9.59 Å². The Balaban J connectivity index is 1.86. The van der Waals surface area contributed by atoms with Gasteiger partial charge in [0.2, 0.25) is 11.8 Å². The molecule has 1 atom stereocenters. The highest BCUT2D eigenvalue weighted by Crippen LogP contribution is 2.20. The predicted octanol–water partition coefficient (Wildman–Crippen LogP) is 6.09. The van der Waals surface area contributed by atoms with Gasteiger partial charge in [-0.3, -0.25) is 9.59 Å². The minimum atomic E-state index is -0.611. The molecule has 3 rings (SSSR count). The van der Waals surface area contributed by atoms with Crippen LogP contribution in [-0.4, -0.2) is 34.0 Å². The summed E-state index contributed by atoms with van der Waals surface area (Å²) in [5.74, 6) is 0.907. The fourth-order valence-corrected chi connectivity index (χ4v) is 4.91. The number of thioether (sulfide) groups is 1. The van der Waals surface area contributed by atoms with Gasteiger partial charge in [-0.15, -0.1) is 11.8 Å². The molecule has 1 N–H and O–H groups in total. The van der Waals surface area contributed by atoms with Crippen molar-refractivity contribution in [3.05, 3.63) is 107 Å². The van der Waals surface area contributed by atoms with Gasteiger partial charge >= 0.3 is 0 Å². The summed E-state index contributed by atoms with van der Waals surface area (Å²) in [6.45, 7) is 10.4. The lowest BCUT2D eigenvalue weighted by Gasteiger charge is -2.34. The molecule has 0 fully saturated rings. The summed E-state index contributed by atoms with van der Waals surface area (Å²) in [5, 5.41) is 3.12. The first kappa shape index (κ1) is 27.5. The summed E-state index contributed by atoms with van der Waals surface area (Å²) in [4.78, 5) is 29.1. The van der Waals surface area contributed by atoms with Gasteiger partial charge in [0.15, 0.2) is 0 Å². The quantitative estimate of drug-likeness (QED) is 0.365. The Morgan fingerprint density at radius 3 is 2.14 bits per heavy atom. The zero-order chi connectivity index (χ0) is 26.1. The standard InChI is InChI=1S/C31H38N2O2S/c1-23-14-16-26(17-15-23)21-36-22-29(34)33(20-27-13-9-10-24(2)18-27)28(30(35)32-31(3,4)5)19-25-11-7-6-8-12-25/h6-18,28H,19-22H2,1-5H3,(H,32,35). The maximum absolute atomic E-state index is 13.7. The molecule has 0 aliphatic carbocycles. The number of hydrogen-bond acceptors (Lipinski definition) is 3. The second-order valence-electron chi connectivity index (χ2n) is 10.4. The average molecular weight is 503 g/mol. The lowest BCUT2D eigenvalue weighted by Crippen LogP contribution is -2.54. The topological polar surface area (TPSA) is 49.4 Å². The first-order valence-corrected chi connectivity index (χ1v) is 13.6. The van der Waals surface area contributed by atoms with Crippen LogP contribution < -0.4 is 5.32 Å². The maximum atomic E-state index is 13.7. The van der Waals surface area contributed by atoms with Crippen LogP contribution in [0.25, 0.3) is 0 Å². The zero-order valence-electron chi connectivity index (χ0n) is 22.1. The van der Waals surface area contributed by atoms with E-state index in [1.54, 1.807) is 16.7 Å². The molecule has 2 amide bonds. The van der Waals surface area contributed by atoms with Gasteiger partial charge < -0.3 is 10.2 Å². The number of amides is 2. The Morgan fingerprint density at radius 1 is 0.833 bits per heavy atom. The van der Waals surface area contributed by atoms with Crippen molar-refractivity contribution in [2.45, 2.75) is 64.9 Å². The van der Waals surface area contributed by atoms with E-state index in [1.807, 2.05) is 76.2 Å². The summed E-state index contributed by atoms with van der Waals surface area (Å²) in [7, 11) is 0. The van der Waals surface area contributed by atoms with Crippen molar-refractivity contribution in [3.8, 4) is 0 Å². The molecule has 0 bridgehead atoms. The molecular weight excluding hydrogens is 464 g/mol. The normalized spacial score (nSPS) is 12.1. The van der Waals surface area contributed by atoms with Crippen LogP contribution in [0.4, 0.5) is 0 Å². The number of hydrogen-bond donors (Lipinski definition) is 1. The maximum Gasteiger partial charge on any atom is 0.243 e. The van der Waals surface area contributed by atoms with Gasteiger partial charge in [-0.25, -0.2) is 0 Å². The summed E-state index contributed by atoms with van der Waals surface area (Å²) in [5.41, 5.74) is 5.19. The molecular formula is C31H38N2O2S. The van der Waals surface area contributed by atoms with E-state index < -0.39 is 11.6 Å². The van der Waals surface area contributed by atoms with Gasteiger partial charge in [0.05, 0.1) is 5.75 Å². The van der Waals surface area contributed by atoms with Crippen LogP contribution in [0.15, 0.2) is 78.9 Å². The number of rotatable bonds is 10. The smallest absolute Gasteiger partial charge is 0.243 e. The van der Waals surface area contributed by atoms with E-state index in [1.165, 1.54) is 11.1 Å². The van der Waals surface area contributed by atoms with E-state index in [0.717, 1.165) is 22.4 Å². The van der Waals surface area contributed by atoms with E-state index >= 15 is 0 Å². The fraction of sp³-hybridized carbons (Fsp3) is 0.355. The van der Waals surface area contributed by atoms with Crippen molar-refractivity contribution in [2.24, 2.45) is 0 Å². The third-order valence-electron chi connectivity index (χ3n) is 5.82. The summed E-state index contributed by atoms with van der Waals surface area (Å²) in [6.07, 6.45) is 0.461. The molecule has 5 heteroatoms. The Bertz CT molecular complexity index is 1140. The van der Waals surface area contributed by atoms with Crippen LogP contribution in [-0.2, 0) is 28.3 Å². The van der Waals surface area contributed by atoms with Crippen LogP contribution in [0.2, 0.25) is 0 Å². The lowest BCUT2D eigenvalue weighted by atomic mass is 10.0. The predicted molar refractivity (Wildman–Crippen MR) is 151 cm³/mol. The van der Waals surface area contributed by atoms with E-state index in [0.29, 0.717) is 18.7 Å².